The molecule has 1 aromatic heterocycles. The van der Waals surface area contributed by atoms with Crippen molar-refractivity contribution in [3.05, 3.63) is 51.5 Å². The summed E-state index contributed by atoms with van der Waals surface area (Å²) < 4.78 is 10.7. The van der Waals surface area contributed by atoms with Crippen LogP contribution >= 0.6 is 11.3 Å². The number of thiazole rings is 1. The van der Waals surface area contributed by atoms with Gasteiger partial charge in [-0.05, 0) is 18.6 Å². The molecule has 1 fully saturated rings. The molecule has 1 aromatic carbocycles. The highest BCUT2D eigenvalue weighted by Gasteiger charge is 2.23. The van der Waals surface area contributed by atoms with E-state index in [1.807, 2.05) is 6.07 Å². The van der Waals surface area contributed by atoms with Crippen LogP contribution in [0.1, 0.15) is 43.8 Å². The highest BCUT2D eigenvalue weighted by molar-refractivity contribution is 7.13. The number of ketones is 1. The second-order valence-electron chi connectivity index (χ2n) is 5.08. The number of rotatable bonds is 5. The topological polar surface area (TPSA) is 77.5 Å². The van der Waals surface area contributed by atoms with Gasteiger partial charge >= 0.3 is 0 Å². The van der Waals surface area contributed by atoms with Crippen molar-refractivity contribution in [2.24, 2.45) is 0 Å². The number of hydrogen-bond acceptors (Lipinski definition) is 6. The summed E-state index contributed by atoms with van der Waals surface area (Å²) in [6.45, 7) is 2.95. The standard InChI is InChI=1S/C16H16N2O4S/c1-10(19)12-4-2-3-11(7-12)8-17-14(20)13-9-18-15(23-13)16-21-5-6-22-16/h2-4,7,9,16H,5-6,8H2,1H3,(H,17,20). The maximum absolute atomic E-state index is 12.2. The lowest BCUT2D eigenvalue weighted by atomic mass is 10.1. The first-order chi connectivity index (χ1) is 11.1. The molecule has 0 radical (unpaired) electrons. The van der Waals surface area contributed by atoms with Crippen LogP contribution in [0, 0.1) is 0 Å². The molecule has 3 rings (SSSR count). The van der Waals surface area contributed by atoms with Gasteiger partial charge in [0.1, 0.15) is 9.88 Å². The molecule has 0 atom stereocenters. The summed E-state index contributed by atoms with van der Waals surface area (Å²) in [5, 5.41) is 3.47. The zero-order chi connectivity index (χ0) is 16.2. The first-order valence-electron chi connectivity index (χ1n) is 7.20. The molecule has 0 saturated carbocycles. The molecular weight excluding hydrogens is 316 g/mol. The number of carbonyl (C=O) groups is 2. The van der Waals surface area contributed by atoms with Gasteiger partial charge in [0.2, 0.25) is 6.29 Å². The van der Waals surface area contributed by atoms with Gasteiger partial charge in [0, 0.05) is 12.1 Å². The van der Waals surface area contributed by atoms with Crippen LogP contribution in [0.2, 0.25) is 0 Å². The number of hydrogen-bond donors (Lipinski definition) is 1. The molecule has 1 aliphatic rings. The quantitative estimate of drug-likeness (QED) is 0.850. The summed E-state index contributed by atoms with van der Waals surface area (Å²) in [6, 6.07) is 7.20. The first kappa shape index (κ1) is 15.8. The average Bonchev–Trinajstić information content (AvgIpc) is 3.23. The van der Waals surface area contributed by atoms with E-state index in [0.717, 1.165) is 5.56 Å². The van der Waals surface area contributed by atoms with E-state index in [4.69, 9.17) is 9.47 Å². The van der Waals surface area contributed by atoms with Gasteiger partial charge in [-0.3, -0.25) is 9.59 Å². The highest BCUT2D eigenvalue weighted by Crippen LogP contribution is 2.27. The molecule has 0 bridgehead atoms. The third-order valence-corrected chi connectivity index (χ3v) is 4.38. The van der Waals surface area contributed by atoms with Crippen molar-refractivity contribution in [2.75, 3.05) is 13.2 Å². The molecule has 23 heavy (non-hydrogen) atoms. The van der Waals surface area contributed by atoms with Crippen LogP contribution in [0.25, 0.3) is 0 Å². The second kappa shape index (κ2) is 6.99. The second-order valence-corrected chi connectivity index (χ2v) is 6.14. The van der Waals surface area contributed by atoms with Crippen LogP contribution in [-0.4, -0.2) is 29.9 Å². The van der Waals surface area contributed by atoms with E-state index in [1.165, 1.54) is 24.5 Å². The van der Waals surface area contributed by atoms with Gasteiger partial charge in [-0.1, -0.05) is 18.2 Å². The Morgan fingerprint density at radius 2 is 2.13 bits per heavy atom. The van der Waals surface area contributed by atoms with Gasteiger partial charge in [-0.15, -0.1) is 11.3 Å². The summed E-state index contributed by atoms with van der Waals surface area (Å²) in [4.78, 5) is 28.2. The van der Waals surface area contributed by atoms with Crippen LogP contribution in [0.5, 0.6) is 0 Å². The van der Waals surface area contributed by atoms with Crippen LogP contribution in [0.3, 0.4) is 0 Å². The molecular formula is C16H16N2O4S. The summed E-state index contributed by atoms with van der Waals surface area (Å²) in [7, 11) is 0. The average molecular weight is 332 g/mol. The van der Waals surface area contributed by atoms with Crippen molar-refractivity contribution in [1.29, 1.82) is 0 Å². The van der Waals surface area contributed by atoms with Crippen LogP contribution < -0.4 is 5.32 Å². The summed E-state index contributed by atoms with van der Waals surface area (Å²) >= 11 is 1.25. The maximum atomic E-state index is 12.2. The predicted octanol–water partition coefficient (Wildman–Crippen LogP) is 2.32. The fourth-order valence-electron chi connectivity index (χ4n) is 2.17. The first-order valence-corrected chi connectivity index (χ1v) is 8.02. The number of nitrogens with zero attached hydrogens (tertiary/aromatic N) is 1. The van der Waals surface area contributed by atoms with Crippen molar-refractivity contribution >= 4 is 23.0 Å². The summed E-state index contributed by atoms with van der Waals surface area (Å²) in [6.07, 6.45) is 1.06. The van der Waals surface area contributed by atoms with Gasteiger partial charge in [0.15, 0.2) is 5.78 Å². The molecule has 0 spiro atoms. The minimum atomic E-state index is -0.464. The Morgan fingerprint density at radius 1 is 1.35 bits per heavy atom. The van der Waals surface area contributed by atoms with E-state index in [9.17, 15) is 9.59 Å². The Balaban J connectivity index is 1.61. The normalized spacial score (nSPS) is 14.8. The molecule has 120 valence electrons. The zero-order valence-corrected chi connectivity index (χ0v) is 13.4. The van der Waals surface area contributed by atoms with Crippen molar-refractivity contribution < 1.29 is 19.1 Å². The molecule has 7 heteroatoms. The Kier molecular flexibility index (Phi) is 4.80. The SMILES string of the molecule is CC(=O)c1cccc(CNC(=O)c2cnc(C3OCCO3)s2)c1. The van der Waals surface area contributed by atoms with E-state index < -0.39 is 6.29 Å². The minimum Gasteiger partial charge on any atom is -0.347 e. The van der Waals surface area contributed by atoms with Crippen molar-refractivity contribution in [3.63, 3.8) is 0 Å². The molecule has 2 aromatic rings. The predicted molar refractivity (Wildman–Crippen MR) is 84.4 cm³/mol. The van der Waals surface area contributed by atoms with Gasteiger partial charge in [-0.2, -0.15) is 0 Å². The van der Waals surface area contributed by atoms with Gasteiger partial charge in [0.05, 0.1) is 19.4 Å². The monoisotopic (exact) mass is 332 g/mol. The number of benzene rings is 1. The maximum Gasteiger partial charge on any atom is 0.263 e. The molecule has 1 saturated heterocycles. The van der Waals surface area contributed by atoms with E-state index in [0.29, 0.717) is 35.2 Å². The number of amides is 1. The van der Waals surface area contributed by atoms with Gasteiger partial charge in [-0.25, -0.2) is 4.98 Å². The summed E-state index contributed by atoms with van der Waals surface area (Å²) in [5.41, 5.74) is 1.51. The largest absolute Gasteiger partial charge is 0.347 e. The molecule has 0 unspecified atom stereocenters. The molecule has 6 nitrogen and oxygen atoms in total. The van der Waals surface area contributed by atoms with Crippen molar-refractivity contribution in [2.45, 2.75) is 19.8 Å². The lowest BCUT2D eigenvalue weighted by Gasteiger charge is -2.05. The minimum absolute atomic E-state index is 0.00170. The molecule has 1 N–H and O–H groups in total. The number of ether oxygens (including phenoxy) is 2. The lowest BCUT2D eigenvalue weighted by molar-refractivity contribution is -0.0442. The number of aromatic nitrogens is 1. The fraction of sp³-hybridized carbons (Fsp3) is 0.312. The number of nitrogens with one attached hydrogen (secondary N) is 1. The molecule has 0 aliphatic carbocycles. The summed E-state index contributed by atoms with van der Waals surface area (Å²) in [5.74, 6) is -0.207. The van der Waals surface area contributed by atoms with Crippen molar-refractivity contribution in [3.8, 4) is 0 Å². The zero-order valence-electron chi connectivity index (χ0n) is 12.6. The third-order valence-electron chi connectivity index (χ3n) is 3.36. The van der Waals surface area contributed by atoms with Gasteiger partial charge < -0.3 is 14.8 Å². The van der Waals surface area contributed by atoms with Crippen LogP contribution in [0.4, 0.5) is 0 Å². The molecule has 2 heterocycles. The van der Waals surface area contributed by atoms with E-state index in [2.05, 4.69) is 10.3 Å². The lowest BCUT2D eigenvalue weighted by Crippen LogP contribution is -2.21. The Morgan fingerprint density at radius 3 is 2.87 bits per heavy atom. The van der Waals surface area contributed by atoms with E-state index in [1.54, 1.807) is 18.2 Å². The van der Waals surface area contributed by atoms with Gasteiger partial charge in [0.25, 0.3) is 5.91 Å². The van der Waals surface area contributed by atoms with E-state index >= 15 is 0 Å². The highest BCUT2D eigenvalue weighted by atomic mass is 32.1. The Labute approximate surface area is 137 Å². The Hall–Kier alpha value is -2.09. The third kappa shape index (κ3) is 3.82. The molecule has 1 aliphatic heterocycles. The Bertz CT molecular complexity index is 722. The smallest absolute Gasteiger partial charge is 0.263 e. The fourth-order valence-corrected chi connectivity index (χ4v) is 3.01. The molecule has 1 amide bonds. The number of Topliss-reactive ketones (excluding diaryl/α,β-unsaturated/α-hetero) is 1. The van der Waals surface area contributed by atoms with E-state index in [-0.39, 0.29) is 11.7 Å². The number of carbonyl (C=O) groups excluding carboxylic acids is 2. The van der Waals surface area contributed by atoms with Crippen LogP contribution in [-0.2, 0) is 16.0 Å². The van der Waals surface area contributed by atoms with Crippen molar-refractivity contribution in [1.82, 2.24) is 10.3 Å². The van der Waals surface area contributed by atoms with Crippen LogP contribution in [0.15, 0.2) is 30.5 Å².